The van der Waals surface area contributed by atoms with Gasteiger partial charge >= 0.3 is 11.9 Å². The fourth-order valence-corrected chi connectivity index (χ4v) is 1.01. The van der Waals surface area contributed by atoms with Crippen LogP contribution in [0.15, 0.2) is 24.3 Å². The van der Waals surface area contributed by atoms with Crippen molar-refractivity contribution < 1.29 is 29.4 Å². The smallest absolute Gasteiger partial charge is 0.310 e. The number of carbonyl (C=O) groups is 4. The molecule has 0 radical (unpaired) electrons. The highest BCUT2D eigenvalue weighted by molar-refractivity contribution is 5.93. The number of ketones is 2. The van der Waals surface area contributed by atoms with E-state index in [1.165, 1.54) is 13.8 Å². The van der Waals surface area contributed by atoms with Gasteiger partial charge < -0.3 is 15.9 Å². The second kappa shape index (κ2) is 12.1. The van der Waals surface area contributed by atoms with E-state index < -0.39 is 11.9 Å². The van der Waals surface area contributed by atoms with E-state index in [2.05, 4.69) is 0 Å². The maximum atomic E-state index is 9.87. The van der Waals surface area contributed by atoms with Crippen molar-refractivity contribution in [2.24, 2.45) is 0 Å². The van der Waals surface area contributed by atoms with E-state index in [0.29, 0.717) is 0 Å². The Morgan fingerprint density at radius 1 is 0.909 bits per heavy atom. The molecule has 122 valence electrons. The first kappa shape index (κ1) is 21.6. The number of carboxylic acids is 2. The maximum absolute atomic E-state index is 9.87. The molecule has 0 atom stereocenters. The van der Waals surface area contributed by atoms with Gasteiger partial charge in [0.25, 0.3) is 0 Å². The zero-order valence-electron chi connectivity index (χ0n) is 12.8. The fourth-order valence-electron chi connectivity index (χ4n) is 1.01. The van der Waals surface area contributed by atoms with Crippen LogP contribution in [0.3, 0.4) is 0 Å². The van der Waals surface area contributed by atoms with Gasteiger partial charge in [-0.15, -0.1) is 0 Å². The summed E-state index contributed by atoms with van der Waals surface area (Å²) >= 11 is 0. The van der Waals surface area contributed by atoms with Crippen molar-refractivity contribution in [3.05, 3.63) is 29.8 Å². The number of hydrogen-bond donors (Lipinski definition) is 3. The van der Waals surface area contributed by atoms with E-state index in [0.717, 1.165) is 11.3 Å². The first-order valence-corrected chi connectivity index (χ1v) is 6.29. The molecule has 7 heteroatoms. The molecule has 0 aliphatic rings. The van der Waals surface area contributed by atoms with Crippen LogP contribution >= 0.6 is 0 Å². The zero-order chi connectivity index (χ0) is 17.7. The van der Waals surface area contributed by atoms with Crippen LogP contribution in [0.5, 0.6) is 0 Å². The second-order valence-electron chi connectivity index (χ2n) is 4.40. The topological polar surface area (TPSA) is 135 Å². The van der Waals surface area contributed by atoms with Gasteiger partial charge in [0, 0.05) is 5.69 Å². The minimum absolute atomic E-state index is 0.312. The van der Waals surface area contributed by atoms with Crippen LogP contribution in [-0.4, -0.2) is 33.7 Å². The molecule has 0 aromatic heterocycles. The third-order valence-corrected chi connectivity index (χ3v) is 1.99. The van der Waals surface area contributed by atoms with Gasteiger partial charge in [-0.2, -0.15) is 0 Å². The number of benzene rings is 1. The molecule has 0 aliphatic carbocycles. The minimum atomic E-state index is -1.06. The van der Waals surface area contributed by atoms with Gasteiger partial charge in [-0.3, -0.25) is 19.2 Å². The Morgan fingerprint density at radius 2 is 1.27 bits per heavy atom. The van der Waals surface area contributed by atoms with Crippen LogP contribution in [0.2, 0.25) is 0 Å². The summed E-state index contributed by atoms with van der Waals surface area (Å²) < 4.78 is 0. The third kappa shape index (κ3) is 17.3. The summed E-state index contributed by atoms with van der Waals surface area (Å²) in [5.41, 5.74) is 7.53. The molecule has 1 aromatic carbocycles. The number of rotatable bonds is 4. The van der Waals surface area contributed by atoms with Crippen molar-refractivity contribution in [2.45, 2.75) is 33.6 Å². The van der Waals surface area contributed by atoms with Gasteiger partial charge in [0.15, 0.2) is 0 Å². The Morgan fingerprint density at radius 3 is 1.41 bits per heavy atom. The van der Waals surface area contributed by atoms with E-state index in [1.54, 1.807) is 0 Å². The molecular weight excluding hydrogens is 290 g/mol. The predicted molar refractivity (Wildman–Crippen MR) is 81.5 cm³/mol. The lowest BCUT2D eigenvalue weighted by molar-refractivity contribution is -0.141. The molecule has 0 fully saturated rings. The molecule has 1 rings (SSSR count). The SMILES string of the molecule is CC(=O)CC(=O)O.CC(=O)CC(=O)O.Cc1ccccc1N. The Labute approximate surface area is 128 Å². The number of hydrogen-bond acceptors (Lipinski definition) is 5. The molecule has 4 N–H and O–H groups in total. The van der Waals surface area contributed by atoms with E-state index in [9.17, 15) is 19.2 Å². The molecule has 7 nitrogen and oxygen atoms in total. The molecule has 0 aliphatic heterocycles. The minimum Gasteiger partial charge on any atom is -0.481 e. The fraction of sp³-hybridized carbons (Fsp3) is 0.333. The van der Waals surface area contributed by atoms with Crippen LogP contribution in [0.4, 0.5) is 5.69 Å². The van der Waals surface area contributed by atoms with Crippen LogP contribution in [0, 0.1) is 6.92 Å². The maximum Gasteiger partial charge on any atom is 0.310 e. The number of carbonyl (C=O) groups excluding carboxylic acids is 2. The Bertz CT molecular complexity index is 454. The van der Waals surface area contributed by atoms with Crippen molar-refractivity contribution in [1.82, 2.24) is 0 Å². The lowest BCUT2D eigenvalue weighted by Crippen LogP contribution is -2.00. The van der Waals surface area contributed by atoms with E-state index in [4.69, 9.17) is 15.9 Å². The average Bonchev–Trinajstić information content (AvgIpc) is 2.31. The van der Waals surface area contributed by atoms with Gasteiger partial charge in [-0.05, 0) is 32.4 Å². The van der Waals surface area contributed by atoms with Crippen molar-refractivity contribution >= 4 is 29.2 Å². The normalized spacial score (nSPS) is 8.50. The molecule has 22 heavy (non-hydrogen) atoms. The van der Waals surface area contributed by atoms with Gasteiger partial charge in [-0.25, -0.2) is 0 Å². The van der Waals surface area contributed by atoms with E-state index in [-0.39, 0.29) is 24.4 Å². The molecule has 0 spiro atoms. The number of aryl methyl sites for hydroxylation is 1. The van der Waals surface area contributed by atoms with Crippen LogP contribution in [0.1, 0.15) is 32.3 Å². The van der Waals surface area contributed by atoms with Gasteiger partial charge in [0.1, 0.15) is 24.4 Å². The summed E-state index contributed by atoms with van der Waals surface area (Å²) in [6.07, 6.45) is -0.722. The Hall–Kier alpha value is -2.70. The summed E-state index contributed by atoms with van der Waals surface area (Å²) in [7, 11) is 0. The van der Waals surface area contributed by atoms with Crippen LogP contribution < -0.4 is 5.73 Å². The Balaban J connectivity index is 0. The number of nitrogens with two attached hydrogens (primary N) is 1. The van der Waals surface area contributed by atoms with Gasteiger partial charge in [-0.1, -0.05) is 18.2 Å². The summed E-state index contributed by atoms with van der Waals surface area (Å²) in [6.45, 7) is 4.48. The van der Waals surface area contributed by atoms with Crippen LogP contribution in [0.25, 0.3) is 0 Å². The predicted octanol–water partition coefficient (Wildman–Crippen LogP) is 1.68. The third-order valence-electron chi connectivity index (χ3n) is 1.99. The van der Waals surface area contributed by atoms with Gasteiger partial charge in [0.05, 0.1) is 0 Å². The lowest BCUT2D eigenvalue weighted by atomic mass is 10.2. The lowest BCUT2D eigenvalue weighted by Gasteiger charge is -1.93. The second-order valence-corrected chi connectivity index (χ2v) is 4.40. The van der Waals surface area contributed by atoms with Crippen molar-refractivity contribution in [1.29, 1.82) is 0 Å². The molecular formula is C15H21NO6. The van der Waals surface area contributed by atoms with Crippen molar-refractivity contribution in [3.8, 4) is 0 Å². The molecule has 0 saturated heterocycles. The summed E-state index contributed by atoms with van der Waals surface area (Å²) in [5, 5.41) is 15.7. The quantitative estimate of drug-likeness (QED) is 0.568. The monoisotopic (exact) mass is 311 g/mol. The number of anilines is 1. The molecule has 0 saturated carbocycles. The van der Waals surface area contributed by atoms with Crippen LogP contribution in [-0.2, 0) is 19.2 Å². The van der Waals surface area contributed by atoms with E-state index in [1.807, 2.05) is 31.2 Å². The molecule has 0 unspecified atom stereocenters. The summed E-state index contributed by atoms with van der Waals surface area (Å²) in [4.78, 5) is 38.9. The highest BCUT2D eigenvalue weighted by atomic mass is 16.4. The standard InChI is InChI=1S/C7H9N.2C4H6O3/c1-6-4-2-3-5-7(6)8;2*1-3(5)2-4(6)7/h2-5H,8H2,1H3;2*2H2,1H3,(H,6,7). The largest absolute Gasteiger partial charge is 0.481 e. The number of Topliss-reactive ketones (excluding diaryl/α,β-unsaturated/α-hetero) is 2. The molecule has 0 heterocycles. The van der Waals surface area contributed by atoms with Crippen molar-refractivity contribution in [3.63, 3.8) is 0 Å². The number of para-hydroxylation sites is 1. The van der Waals surface area contributed by atoms with Gasteiger partial charge in [0.2, 0.25) is 0 Å². The zero-order valence-corrected chi connectivity index (χ0v) is 12.8. The first-order valence-electron chi connectivity index (χ1n) is 6.29. The highest BCUT2D eigenvalue weighted by Crippen LogP contribution is 2.06. The number of nitrogen functional groups attached to an aromatic ring is 1. The first-order chi connectivity index (χ1) is 10.1. The average molecular weight is 311 g/mol. The Kier molecular flexibility index (Phi) is 11.9. The summed E-state index contributed by atoms with van der Waals surface area (Å²) in [6, 6.07) is 7.80. The molecule has 0 amide bonds. The van der Waals surface area contributed by atoms with E-state index >= 15 is 0 Å². The molecule has 1 aromatic rings. The summed E-state index contributed by atoms with van der Waals surface area (Å²) in [5.74, 6) is -2.75. The highest BCUT2D eigenvalue weighted by Gasteiger charge is 1.98. The number of aliphatic carboxylic acids is 2. The number of carboxylic acid groups (broad SMARTS) is 2. The molecule has 0 bridgehead atoms. The van der Waals surface area contributed by atoms with Crippen molar-refractivity contribution in [2.75, 3.05) is 5.73 Å².